The maximum atomic E-state index is 13.3. The molecule has 0 atom stereocenters. The van der Waals surface area contributed by atoms with Crippen LogP contribution in [-0.4, -0.2) is 48.3 Å². The molecule has 4 rings (SSSR count). The molecule has 1 spiro atoms. The molecule has 7 heteroatoms. The van der Waals surface area contributed by atoms with Crippen molar-refractivity contribution in [3.05, 3.63) is 58.9 Å². The molecule has 0 aromatic heterocycles. The molecule has 2 aromatic carbocycles. The monoisotopic (exact) mass is 450 g/mol. The minimum atomic E-state index is -0.778. The molecule has 1 saturated carbocycles. The first kappa shape index (κ1) is 22.8. The van der Waals surface area contributed by atoms with Crippen LogP contribution in [0.2, 0.25) is 0 Å². The lowest BCUT2D eigenvalue weighted by molar-refractivity contribution is -0.151. The van der Waals surface area contributed by atoms with Crippen LogP contribution in [0.25, 0.3) is 11.1 Å². The second-order valence-corrected chi connectivity index (χ2v) is 9.27. The Bertz CT molecular complexity index is 1120. The second-order valence-electron chi connectivity index (χ2n) is 9.27. The molecule has 1 aliphatic heterocycles. The quantitative estimate of drug-likeness (QED) is 0.401. The zero-order chi connectivity index (χ0) is 23.9. The molecule has 172 valence electrons. The fraction of sp³-hybridized carbons (Fsp3) is 0.385. The molecule has 2 aliphatic rings. The summed E-state index contributed by atoms with van der Waals surface area (Å²) in [6.07, 6.45) is 0.540. The minimum Gasteiger partial charge on any atom is -0.399 e. The van der Waals surface area contributed by atoms with Crippen molar-refractivity contribution >= 4 is 23.2 Å². The van der Waals surface area contributed by atoms with E-state index >= 15 is 0 Å². The van der Waals surface area contributed by atoms with Crippen molar-refractivity contribution < 1.29 is 23.6 Å². The largest absolute Gasteiger partial charge is 0.399 e. The normalized spacial score (nSPS) is 18.5. The fourth-order valence-electron chi connectivity index (χ4n) is 5.28. The number of rotatable bonds is 4. The summed E-state index contributed by atoms with van der Waals surface area (Å²) in [4.78, 5) is 45.1. The van der Waals surface area contributed by atoms with Gasteiger partial charge in [-0.1, -0.05) is 29.4 Å². The Morgan fingerprint density at radius 3 is 2.09 bits per heavy atom. The number of halogens is 1. The number of nitrogens with zero attached hydrogens (tertiary/aromatic N) is 2. The predicted molar refractivity (Wildman–Crippen MR) is 122 cm³/mol. The summed E-state index contributed by atoms with van der Waals surface area (Å²) in [7, 11) is 1.38. The molecule has 6 nitrogen and oxygen atoms in total. The first-order valence-corrected chi connectivity index (χ1v) is 10.9. The smallest absolute Gasteiger partial charge is 0.271 e. The topological polar surface area (TPSA) is 76.0 Å². The van der Waals surface area contributed by atoms with Gasteiger partial charge in [-0.05, 0) is 60.7 Å². The third-order valence-electron chi connectivity index (χ3n) is 6.68. The minimum absolute atomic E-state index is 0.0960. The molecule has 1 heterocycles. The van der Waals surface area contributed by atoms with E-state index in [0.29, 0.717) is 13.1 Å². The van der Waals surface area contributed by atoms with E-state index in [1.165, 1.54) is 19.2 Å². The van der Waals surface area contributed by atoms with Gasteiger partial charge in [-0.3, -0.25) is 14.4 Å². The van der Waals surface area contributed by atoms with Crippen LogP contribution in [0, 0.1) is 25.1 Å². The molecular formula is C26H27FN2O4. The highest BCUT2D eigenvalue weighted by atomic mass is 19.1. The average molecular weight is 451 g/mol. The first-order chi connectivity index (χ1) is 15.6. The molecule has 0 radical (unpaired) electrons. The van der Waals surface area contributed by atoms with E-state index in [1.807, 2.05) is 26.0 Å². The number of ketones is 2. The van der Waals surface area contributed by atoms with Gasteiger partial charge in [0.2, 0.25) is 0 Å². The van der Waals surface area contributed by atoms with Gasteiger partial charge in [0.15, 0.2) is 0 Å². The molecular weight excluding hydrogens is 423 g/mol. The van der Waals surface area contributed by atoms with Gasteiger partial charge in [-0.15, -0.1) is 0 Å². The lowest BCUT2D eigenvalue weighted by atomic mass is 9.63. The zero-order valence-corrected chi connectivity index (χ0v) is 19.3. The van der Waals surface area contributed by atoms with Gasteiger partial charge >= 0.3 is 0 Å². The van der Waals surface area contributed by atoms with E-state index in [1.54, 1.807) is 24.0 Å². The Balaban J connectivity index is 1.53. The van der Waals surface area contributed by atoms with Crippen LogP contribution in [0.5, 0.6) is 0 Å². The summed E-state index contributed by atoms with van der Waals surface area (Å²) in [5.41, 5.74) is 4.06. The number of aryl methyl sites for hydroxylation is 2. The van der Waals surface area contributed by atoms with Gasteiger partial charge in [-0.25, -0.2) is 4.39 Å². The highest BCUT2D eigenvalue weighted by Crippen LogP contribution is 2.46. The molecule has 1 aliphatic carbocycles. The lowest BCUT2D eigenvalue weighted by Gasteiger charge is -2.52. The van der Waals surface area contributed by atoms with Crippen LogP contribution in [-0.2, 0) is 19.2 Å². The third-order valence-corrected chi connectivity index (χ3v) is 6.68. The van der Waals surface area contributed by atoms with E-state index in [9.17, 15) is 18.8 Å². The Morgan fingerprint density at radius 2 is 1.58 bits per heavy atom. The maximum Gasteiger partial charge on any atom is 0.271 e. The van der Waals surface area contributed by atoms with E-state index in [0.717, 1.165) is 27.8 Å². The molecule has 33 heavy (non-hydrogen) atoms. The Labute approximate surface area is 192 Å². The number of benzene rings is 2. The first-order valence-electron chi connectivity index (χ1n) is 10.9. The summed E-state index contributed by atoms with van der Waals surface area (Å²) in [6, 6.07) is 10.1. The summed E-state index contributed by atoms with van der Waals surface area (Å²) in [6.45, 7) is 6.12. The number of carbonyl (C=O) groups is 3. The van der Waals surface area contributed by atoms with Gasteiger partial charge in [0.05, 0.1) is 0 Å². The van der Waals surface area contributed by atoms with Crippen molar-refractivity contribution in [3.8, 4) is 11.1 Å². The van der Waals surface area contributed by atoms with E-state index < -0.39 is 11.3 Å². The number of hydrogen-bond acceptors (Lipinski definition) is 5. The molecule has 1 amide bonds. The van der Waals surface area contributed by atoms with Crippen molar-refractivity contribution in [2.75, 3.05) is 20.2 Å². The summed E-state index contributed by atoms with van der Waals surface area (Å²) < 4.78 is 13.3. The van der Waals surface area contributed by atoms with Crippen molar-refractivity contribution in [2.45, 2.75) is 39.5 Å². The van der Waals surface area contributed by atoms with Gasteiger partial charge in [0.25, 0.3) is 5.91 Å². The number of carbonyl (C=O) groups excluding carboxylic acids is 3. The summed E-state index contributed by atoms with van der Waals surface area (Å²) >= 11 is 0. The van der Waals surface area contributed by atoms with Crippen molar-refractivity contribution in [3.63, 3.8) is 0 Å². The fourth-order valence-corrected chi connectivity index (χ4v) is 5.28. The van der Waals surface area contributed by atoms with Crippen LogP contribution >= 0.6 is 0 Å². The molecule has 2 aromatic rings. The standard InChI is InChI=1S/C26H27FN2O4/c1-15-9-19(18-5-7-20(27)8-6-18)10-16(2)23(15)24-21(30)11-26(12-22(24)31)13-29(14-26)25(32)17(3)28-33-4/h5-10,24H,11-14H2,1-4H3/b28-17+. The zero-order valence-electron chi connectivity index (χ0n) is 19.3. The maximum absolute atomic E-state index is 13.3. The van der Waals surface area contributed by atoms with Crippen molar-refractivity contribution in [1.29, 1.82) is 0 Å². The van der Waals surface area contributed by atoms with Crippen LogP contribution < -0.4 is 0 Å². The van der Waals surface area contributed by atoms with Crippen LogP contribution in [0.1, 0.15) is 42.4 Å². The lowest BCUT2D eigenvalue weighted by Crippen LogP contribution is -2.63. The predicted octanol–water partition coefficient (Wildman–Crippen LogP) is 3.98. The molecule has 0 bridgehead atoms. The molecule has 0 N–H and O–H groups in total. The van der Waals surface area contributed by atoms with Gasteiger partial charge < -0.3 is 9.74 Å². The SMILES string of the molecule is CO/N=C(\C)C(=O)N1CC2(CC(=O)C(c3c(C)cc(-c4ccc(F)cc4)cc3C)C(=O)C2)C1. The number of likely N-dealkylation sites (tertiary alicyclic amines) is 1. The average Bonchev–Trinajstić information content (AvgIpc) is 2.73. The Morgan fingerprint density at radius 1 is 1.03 bits per heavy atom. The van der Waals surface area contributed by atoms with Crippen LogP contribution in [0.15, 0.2) is 41.6 Å². The number of hydrogen-bond donors (Lipinski definition) is 0. The van der Waals surface area contributed by atoms with Gasteiger partial charge in [0.1, 0.15) is 36.1 Å². The third kappa shape index (κ3) is 4.19. The van der Waals surface area contributed by atoms with Gasteiger partial charge in [0, 0.05) is 31.3 Å². The molecule has 1 saturated heterocycles. The number of Topliss-reactive ketones (excluding diaryl/α,β-unsaturated/α-hetero) is 2. The highest BCUT2D eigenvalue weighted by molar-refractivity contribution is 6.37. The van der Waals surface area contributed by atoms with Crippen LogP contribution in [0.3, 0.4) is 0 Å². The highest BCUT2D eigenvalue weighted by Gasteiger charge is 2.53. The molecule has 0 unspecified atom stereocenters. The summed E-state index contributed by atoms with van der Waals surface area (Å²) in [5, 5.41) is 3.67. The van der Waals surface area contributed by atoms with Gasteiger partial charge in [-0.2, -0.15) is 0 Å². The Kier molecular flexibility index (Phi) is 5.91. The number of oxime groups is 1. The van der Waals surface area contributed by atoms with Crippen molar-refractivity contribution in [1.82, 2.24) is 4.90 Å². The molecule has 2 fully saturated rings. The van der Waals surface area contributed by atoms with E-state index in [2.05, 4.69) is 9.99 Å². The van der Waals surface area contributed by atoms with Crippen LogP contribution in [0.4, 0.5) is 4.39 Å². The van der Waals surface area contributed by atoms with E-state index in [4.69, 9.17) is 0 Å². The van der Waals surface area contributed by atoms with Crippen molar-refractivity contribution in [2.24, 2.45) is 10.6 Å². The second kappa shape index (κ2) is 8.54. The Hall–Kier alpha value is -3.35. The summed E-state index contributed by atoms with van der Waals surface area (Å²) in [5.74, 6) is -1.51. The number of amides is 1. The van der Waals surface area contributed by atoms with E-state index in [-0.39, 0.29) is 41.8 Å².